The molecule has 2 amide bonds. The Morgan fingerprint density at radius 2 is 2.13 bits per heavy atom. The molecule has 1 aromatic heterocycles. The zero-order valence-electron chi connectivity index (χ0n) is 12.6. The van der Waals surface area contributed by atoms with Gasteiger partial charge >= 0.3 is 0 Å². The van der Waals surface area contributed by atoms with Crippen LogP contribution in [0.5, 0.6) is 5.75 Å². The lowest BCUT2D eigenvalue weighted by molar-refractivity contribution is -0.131. The van der Waals surface area contributed by atoms with E-state index in [2.05, 4.69) is 15.5 Å². The van der Waals surface area contributed by atoms with Crippen molar-refractivity contribution in [2.75, 3.05) is 25.5 Å². The van der Waals surface area contributed by atoms with Crippen LogP contribution in [-0.4, -0.2) is 47.1 Å². The summed E-state index contributed by atoms with van der Waals surface area (Å²) in [5, 5.41) is 11.9. The highest BCUT2D eigenvalue weighted by Crippen LogP contribution is 2.27. The van der Waals surface area contributed by atoms with Gasteiger partial charge in [0.05, 0.1) is 13.7 Å². The van der Waals surface area contributed by atoms with Crippen LogP contribution in [0.25, 0.3) is 10.6 Å². The number of nitrogens with zero attached hydrogens (tertiary/aromatic N) is 3. The molecule has 0 aliphatic carbocycles. The molecule has 120 valence electrons. The van der Waals surface area contributed by atoms with Gasteiger partial charge in [0, 0.05) is 18.5 Å². The molecule has 2 aromatic rings. The lowest BCUT2D eigenvalue weighted by Gasteiger charge is -2.13. The van der Waals surface area contributed by atoms with Crippen molar-refractivity contribution in [3.8, 4) is 16.3 Å². The number of ether oxygens (including phenoxy) is 1. The van der Waals surface area contributed by atoms with Crippen molar-refractivity contribution < 1.29 is 14.3 Å². The topological polar surface area (TPSA) is 84.4 Å². The van der Waals surface area contributed by atoms with E-state index in [1.54, 1.807) is 12.0 Å². The number of carbonyl (C=O) groups is 2. The number of hydrogen-bond donors (Lipinski definition) is 1. The van der Waals surface area contributed by atoms with Crippen LogP contribution >= 0.6 is 11.3 Å². The molecule has 0 atom stereocenters. The maximum absolute atomic E-state index is 12.0. The SMILES string of the molecule is COc1ccc(-c2nnc(NC(=O)CN3CCCC3=O)s2)cc1. The Bertz CT molecular complexity index is 714. The maximum atomic E-state index is 12.0. The standard InChI is InChI=1S/C15H16N4O3S/c1-22-11-6-4-10(5-7-11)14-17-18-15(23-14)16-12(20)9-19-8-2-3-13(19)21/h4-7H,2-3,8-9H2,1H3,(H,16,18,20). The molecule has 0 saturated carbocycles. The Labute approximate surface area is 137 Å². The van der Waals surface area contributed by atoms with E-state index in [9.17, 15) is 9.59 Å². The van der Waals surface area contributed by atoms with Crippen LogP contribution in [0.15, 0.2) is 24.3 Å². The first-order valence-electron chi connectivity index (χ1n) is 7.21. The summed E-state index contributed by atoms with van der Waals surface area (Å²) < 4.78 is 5.11. The first-order valence-corrected chi connectivity index (χ1v) is 8.03. The van der Waals surface area contributed by atoms with Crippen molar-refractivity contribution >= 4 is 28.3 Å². The third-order valence-electron chi connectivity index (χ3n) is 3.51. The number of likely N-dealkylation sites (tertiary alicyclic amines) is 1. The van der Waals surface area contributed by atoms with E-state index < -0.39 is 0 Å². The highest BCUT2D eigenvalue weighted by Gasteiger charge is 2.22. The predicted molar refractivity (Wildman–Crippen MR) is 86.3 cm³/mol. The monoisotopic (exact) mass is 332 g/mol. The molecule has 1 fully saturated rings. The molecule has 7 nitrogen and oxygen atoms in total. The lowest BCUT2D eigenvalue weighted by Crippen LogP contribution is -2.33. The molecule has 23 heavy (non-hydrogen) atoms. The number of hydrogen-bond acceptors (Lipinski definition) is 6. The number of methoxy groups -OCH3 is 1. The molecule has 1 aliphatic heterocycles. The first-order chi connectivity index (χ1) is 11.2. The number of nitrogens with one attached hydrogen (secondary N) is 1. The fourth-order valence-electron chi connectivity index (χ4n) is 2.33. The van der Waals surface area contributed by atoms with Gasteiger partial charge in [-0.1, -0.05) is 11.3 Å². The van der Waals surface area contributed by atoms with E-state index in [4.69, 9.17) is 4.74 Å². The normalized spacial score (nSPS) is 14.1. The molecule has 1 aromatic carbocycles. The molecule has 0 bridgehead atoms. The van der Waals surface area contributed by atoms with Gasteiger partial charge in [-0.3, -0.25) is 14.9 Å². The largest absolute Gasteiger partial charge is 0.497 e. The minimum atomic E-state index is -0.252. The Morgan fingerprint density at radius 3 is 2.78 bits per heavy atom. The Morgan fingerprint density at radius 1 is 1.35 bits per heavy atom. The molecule has 8 heteroatoms. The Hall–Kier alpha value is -2.48. The van der Waals surface area contributed by atoms with Gasteiger partial charge in [0.15, 0.2) is 0 Å². The van der Waals surface area contributed by atoms with E-state index in [1.165, 1.54) is 11.3 Å². The van der Waals surface area contributed by atoms with Gasteiger partial charge < -0.3 is 9.64 Å². The zero-order valence-corrected chi connectivity index (χ0v) is 13.4. The number of aromatic nitrogens is 2. The summed E-state index contributed by atoms with van der Waals surface area (Å²) in [5.41, 5.74) is 0.901. The lowest BCUT2D eigenvalue weighted by atomic mass is 10.2. The molecular formula is C15H16N4O3S. The Balaban J connectivity index is 1.62. The predicted octanol–water partition coefficient (Wildman–Crippen LogP) is 1.77. The smallest absolute Gasteiger partial charge is 0.245 e. The zero-order chi connectivity index (χ0) is 16.2. The van der Waals surface area contributed by atoms with Crippen LogP contribution < -0.4 is 10.1 Å². The van der Waals surface area contributed by atoms with Gasteiger partial charge in [0.25, 0.3) is 0 Å². The second-order valence-electron chi connectivity index (χ2n) is 5.11. The van der Waals surface area contributed by atoms with E-state index in [0.29, 0.717) is 23.1 Å². The number of amides is 2. The number of anilines is 1. The van der Waals surface area contributed by atoms with Crippen LogP contribution in [0, 0.1) is 0 Å². The van der Waals surface area contributed by atoms with Crippen molar-refractivity contribution in [1.29, 1.82) is 0 Å². The molecule has 2 heterocycles. The summed E-state index contributed by atoms with van der Waals surface area (Å²) in [6.07, 6.45) is 1.33. The fourth-order valence-corrected chi connectivity index (χ4v) is 3.09. The van der Waals surface area contributed by atoms with Gasteiger partial charge in [0.2, 0.25) is 16.9 Å². The number of rotatable bonds is 5. The number of benzene rings is 1. The fraction of sp³-hybridized carbons (Fsp3) is 0.333. The Kier molecular flexibility index (Phi) is 4.52. The molecular weight excluding hydrogens is 316 g/mol. The second-order valence-corrected chi connectivity index (χ2v) is 6.09. The van der Waals surface area contributed by atoms with Crippen LogP contribution in [0.4, 0.5) is 5.13 Å². The minimum absolute atomic E-state index is 0.0244. The van der Waals surface area contributed by atoms with Gasteiger partial charge in [-0.25, -0.2) is 0 Å². The number of carbonyl (C=O) groups excluding carboxylic acids is 2. The summed E-state index contributed by atoms with van der Waals surface area (Å²) in [4.78, 5) is 25.0. The molecule has 1 saturated heterocycles. The van der Waals surface area contributed by atoms with E-state index in [-0.39, 0.29) is 18.4 Å². The average molecular weight is 332 g/mol. The van der Waals surface area contributed by atoms with E-state index >= 15 is 0 Å². The highest BCUT2D eigenvalue weighted by molar-refractivity contribution is 7.18. The summed E-state index contributed by atoms with van der Waals surface area (Å²) in [7, 11) is 1.61. The summed E-state index contributed by atoms with van der Waals surface area (Å²) in [6, 6.07) is 7.45. The van der Waals surface area contributed by atoms with Crippen molar-refractivity contribution in [3.63, 3.8) is 0 Å². The summed E-state index contributed by atoms with van der Waals surface area (Å²) >= 11 is 1.29. The van der Waals surface area contributed by atoms with Crippen molar-refractivity contribution in [2.45, 2.75) is 12.8 Å². The van der Waals surface area contributed by atoms with Gasteiger partial charge in [-0.15, -0.1) is 10.2 Å². The van der Waals surface area contributed by atoms with Crippen LogP contribution in [-0.2, 0) is 9.59 Å². The quantitative estimate of drug-likeness (QED) is 0.902. The maximum Gasteiger partial charge on any atom is 0.245 e. The van der Waals surface area contributed by atoms with Crippen LogP contribution in [0.3, 0.4) is 0 Å². The molecule has 3 rings (SSSR count). The van der Waals surface area contributed by atoms with E-state index in [1.807, 2.05) is 24.3 Å². The summed E-state index contributed by atoms with van der Waals surface area (Å²) in [5.74, 6) is 0.538. The second kappa shape index (κ2) is 6.74. The average Bonchev–Trinajstić information content (AvgIpc) is 3.17. The summed E-state index contributed by atoms with van der Waals surface area (Å²) in [6.45, 7) is 0.704. The molecule has 0 spiro atoms. The highest BCUT2D eigenvalue weighted by atomic mass is 32.1. The minimum Gasteiger partial charge on any atom is -0.497 e. The van der Waals surface area contributed by atoms with Crippen LogP contribution in [0.2, 0.25) is 0 Å². The van der Waals surface area contributed by atoms with Crippen LogP contribution in [0.1, 0.15) is 12.8 Å². The van der Waals surface area contributed by atoms with Crippen molar-refractivity contribution in [3.05, 3.63) is 24.3 Å². The van der Waals surface area contributed by atoms with Gasteiger partial charge in [-0.05, 0) is 30.7 Å². The molecule has 1 N–H and O–H groups in total. The molecule has 0 unspecified atom stereocenters. The molecule has 0 radical (unpaired) electrons. The van der Waals surface area contributed by atoms with Gasteiger partial charge in [0.1, 0.15) is 10.8 Å². The third-order valence-corrected chi connectivity index (χ3v) is 4.40. The first kappa shape index (κ1) is 15.4. The van der Waals surface area contributed by atoms with Crippen molar-refractivity contribution in [1.82, 2.24) is 15.1 Å². The van der Waals surface area contributed by atoms with E-state index in [0.717, 1.165) is 17.7 Å². The van der Waals surface area contributed by atoms with Gasteiger partial charge in [-0.2, -0.15) is 0 Å². The van der Waals surface area contributed by atoms with Crippen molar-refractivity contribution in [2.24, 2.45) is 0 Å². The molecule has 1 aliphatic rings. The third kappa shape index (κ3) is 3.65.